The second-order valence-corrected chi connectivity index (χ2v) is 8.16. The van der Waals surface area contributed by atoms with Gasteiger partial charge in [-0.3, -0.25) is 9.78 Å². The topological polar surface area (TPSA) is 57.3 Å². The molecule has 1 fully saturated rings. The van der Waals surface area contributed by atoms with E-state index in [0.29, 0.717) is 11.6 Å². The summed E-state index contributed by atoms with van der Waals surface area (Å²) in [7, 11) is 0. The van der Waals surface area contributed by atoms with Crippen LogP contribution in [-0.4, -0.2) is 30.0 Å². The maximum absolute atomic E-state index is 12.6. The molecule has 1 saturated heterocycles. The van der Waals surface area contributed by atoms with Crippen LogP contribution in [0.2, 0.25) is 0 Å². The number of carbonyl (C=O) groups is 1. The normalized spacial score (nSPS) is 15.5. The first-order valence-electron chi connectivity index (χ1n) is 11.0. The fourth-order valence-corrected chi connectivity index (χ4v) is 4.04. The summed E-state index contributed by atoms with van der Waals surface area (Å²) in [5, 5.41) is 6.73. The first-order chi connectivity index (χ1) is 15.2. The van der Waals surface area contributed by atoms with Crippen LogP contribution in [0.4, 0.5) is 5.69 Å². The maximum atomic E-state index is 12.6. The molecular formula is C26H30N4O. The van der Waals surface area contributed by atoms with Crippen LogP contribution in [0.1, 0.15) is 47.3 Å². The van der Waals surface area contributed by atoms with Gasteiger partial charge in [0.05, 0.1) is 6.04 Å². The summed E-state index contributed by atoms with van der Waals surface area (Å²) in [6.07, 6.45) is 5.94. The third-order valence-electron chi connectivity index (χ3n) is 5.95. The van der Waals surface area contributed by atoms with Crippen molar-refractivity contribution >= 4 is 11.6 Å². The van der Waals surface area contributed by atoms with Gasteiger partial charge in [0.15, 0.2) is 0 Å². The SMILES string of the molecule is C[C@@H](NC(=O)c1ccc(N2CCC(NCc3cccnc3)CC2)cc1)c1ccccc1. The van der Waals surface area contributed by atoms with E-state index in [4.69, 9.17) is 0 Å². The Bertz CT molecular complexity index is 952. The Labute approximate surface area is 184 Å². The van der Waals surface area contributed by atoms with E-state index in [0.717, 1.165) is 38.0 Å². The molecule has 0 bridgehead atoms. The summed E-state index contributed by atoms with van der Waals surface area (Å²) in [6, 6.07) is 22.6. The van der Waals surface area contributed by atoms with E-state index in [1.54, 1.807) is 6.20 Å². The molecule has 5 nitrogen and oxygen atoms in total. The zero-order valence-electron chi connectivity index (χ0n) is 18.0. The first kappa shape index (κ1) is 21.1. The van der Waals surface area contributed by atoms with Gasteiger partial charge < -0.3 is 15.5 Å². The minimum Gasteiger partial charge on any atom is -0.371 e. The molecule has 5 heteroatoms. The monoisotopic (exact) mass is 414 g/mol. The second kappa shape index (κ2) is 10.2. The summed E-state index contributed by atoms with van der Waals surface area (Å²) in [5.74, 6) is -0.0405. The number of amides is 1. The molecule has 0 radical (unpaired) electrons. The molecule has 0 aliphatic carbocycles. The van der Waals surface area contributed by atoms with Crippen LogP contribution in [0.15, 0.2) is 79.1 Å². The highest BCUT2D eigenvalue weighted by Gasteiger charge is 2.19. The number of pyridine rings is 1. The molecule has 31 heavy (non-hydrogen) atoms. The lowest BCUT2D eigenvalue weighted by atomic mass is 10.0. The average Bonchev–Trinajstić information content (AvgIpc) is 2.84. The number of benzene rings is 2. The molecule has 2 aromatic carbocycles. The maximum Gasteiger partial charge on any atom is 0.251 e. The molecule has 0 spiro atoms. The van der Waals surface area contributed by atoms with Crippen LogP contribution in [-0.2, 0) is 6.54 Å². The summed E-state index contributed by atoms with van der Waals surface area (Å²) in [5.41, 5.74) is 4.20. The van der Waals surface area contributed by atoms with Crippen molar-refractivity contribution in [3.05, 3.63) is 95.8 Å². The summed E-state index contributed by atoms with van der Waals surface area (Å²) < 4.78 is 0. The summed E-state index contributed by atoms with van der Waals surface area (Å²) in [4.78, 5) is 19.2. The standard InChI is InChI=1S/C26H30N4O/c1-20(22-7-3-2-4-8-22)29-26(31)23-9-11-25(12-10-23)30-16-13-24(14-17-30)28-19-21-6-5-15-27-18-21/h2-12,15,18,20,24,28H,13-14,16-17,19H2,1H3,(H,29,31)/t20-/m1/s1. The number of anilines is 1. The van der Waals surface area contributed by atoms with Gasteiger partial charge in [-0.05, 0) is 61.2 Å². The van der Waals surface area contributed by atoms with Crippen LogP contribution in [0.25, 0.3) is 0 Å². The van der Waals surface area contributed by atoms with Gasteiger partial charge in [0, 0.05) is 49.3 Å². The number of hydrogen-bond donors (Lipinski definition) is 2. The number of piperidine rings is 1. The molecule has 4 rings (SSSR count). The largest absolute Gasteiger partial charge is 0.371 e. The Kier molecular flexibility index (Phi) is 6.95. The number of nitrogens with zero attached hydrogens (tertiary/aromatic N) is 2. The molecule has 0 unspecified atom stereocenters. The fraction of sp³-hybridized carbons (Fsp3) is 0.308. The summed E-state index contributed by atoms with van der Waals surface area (Å²) in [6.45, 7) is 4.90. The Morgan fingerprint density at radius 1 is 1.03 bits per heavy atom. The number of nitrogens with one attached hydrogen (secondary N) is 2. The Morgan fingerprint density at radius 3 is 2.45 bits per heavy atom. The van der Waals surface area contributed by atoms with Gasteiger partial charge >= 0.3 is 0 Å². The van der Waals surface area contributed by atoms with Crippen LogP contribution < -0.4 is 15.5 Å². The van der Waals surface area contributed by atoms with Gasteiger partial charge in [0.25, 0.3) is 5.91 Å². The van der Waals surface area contributed by atoms with Crippen molar-refractivity contribution < 1.29 is 4.79 Å². The van der Waals surface area contributed by atoms with Crippen molar-refractivity contribution in [3.8, 4) is 0 Å². The predicted molar refractivity (Wildman–Crippen MR) is 125 cm³/mol. The highest BCUT2D eigenvalue weighted by molar-refractivity contribution is 5.94. The molecule has 2 N–H and O–H groups in total. The van der Waals surface area contributed by atoms with E-state index in [-0.39, 0.29) is 11.9 Å². The Hall–Kier alpha value is -3.18. The molecule has 160 valence electrons. The zero-order valence-corrected chi connectivity index (χ0v) is 18.0. The number of rotatable bonds is 7. The zero-order chi connectivity index (χ0) is 21.5. The van der Waals surface area contributed by atoms with Crippen LogP contribution in [0.3, 0.4) is 0 Å². The first-order valence-corrected chi connectivity index (χ1v) is 11.0. The summed E-state index contributed by atoms with van der Waals surface area (Å²) >= 11 is 0. The quantitative estimate of drug-likeness (QED) is 0.604. The predicted octanol–water partition coefficient (Wildman–Crippen LogP) is 4.33. The van der Waals surface area contributed by atoms with Crippen molar-refractivity contribution in [1.82, 2.24) is 15.6 Å². The smallest absolute Gasteiger partial charge is 0.251 e. The lowest BCUT2D eigenvalue weighted by Gasteiger charge is -2.34. The van der Waals surface area contributed by atoms with Gasteiger partial charge in [0.1, 0.15) is 0 Å². The molecule has 2 heterocycles. The molecular weight excluding hydrogens is 384 g/mol. The van der Waals surface area contributed by atoms with Gasteiger partial charge in [0.2, 0.25) is 0 Å². The molecule has 1 aromatic heterocycles. The molecule has 1 atom stereocenters. The molecule has 3 aromatic rings. The van der Waals surface area contributed by atoms with Crippen molar-refractivity contribution in [3.63, 3.8) is 0 Å². The third-order valence-corrected chi connectivity index (χ3v) is 5.95. The highest BCUT2D eigenvalue weighted by Crippen LogP contribution is 2.21. The number of aromatic nitrogens is 1. The lowest BCUT2D eigenvalue weighted by molar-refractivity contribution is 0.0940. The van der Waals surface area contributed by atoms with Crippen LogP contribution >= 0.6 is 0 Å². The Balaban J connectivity index is 1.26. The minimum absolute atomic E-state index is 0.0217. The van der Waals surface area contributed by atoms with E-state index in [9.17, 15) is 4.79 Å². The van der Waals surface area contributed by atoms with Gasteiger partial charge in [-0.15, -0.1) is 0 Å². The van der Waals surface area contributed by atoms with E-state index in [1.807, 2.05) is 61.7 Å². The minimum atomic E-state index is -0.0405. The van der Waals surface area contributed by atoms with E-state index in [1.165, 1.54) is 11.3 Å². The van der Waals surface area contributed by atoms with Crippen LogP contribution in [0.5, 0.6) is 0 Å². The second-order valence-electron chi connectivity index (χ2n) is 8.16. The van der Waals surface area contributed by atoms with Crippen molar-refractivity contribution in [1.29, 1.82) is 0 Å². The lowest BCUT2D eigenvalue weighted by Crippen LogP contribution is -2.42. The van der Waals surface area contributed by atoms with Crippen molar-refractivity contribution in [2.75, 3.05) is 18.0 Å². The fourth-order valence-electron chi connectivity index (χ4n) is 4.04. The van der Waals surface area contributed by atoms with E-state index in [2.05, 4.69) is 38.7 Å². The molecule has 1 aliphatic heterocycles. The van der Waals surface area contributed by atoms with Crippen molar-refractivity contribution in [2.24, 2.45) is 0 Å². The average molecular weight is 415 g/mol. The molecule has 0 saturated carbocycles. The number of carbonyl (C=O) groups excluding carboxylic acids is 1. The van der Waals surface area contributed by atoms with Crippen molar-refractivity contribution in [2.45, 2.75) is 38.4 Å². The van der Waals surface area contributed by atoms with Crippen LogP contribution in [0, 0.1) is 0 Å². The van der Waals surface area contributed by atoms with E-state index >= 15 is 0 Å². The van der Waals surface area contributed by atoms with Gasteiger partial charge in [-0.1, -0.05) is 36.4 Å². The molecule has 1 amide bonds. The Morgan fingerprint density at radius 2 is 1.77 bits per heavy atom. The highest BCUT2D eigenvalue weighted by atomic mass is 16.1. The van der Waals surface area contributed by atoms with E-state index < -0.39 is 0 Å². The molecule has 1 aliphatic rings. The van der Waals surface area contributed by atoms with Gasteiger partial charge in [-0.2, -0.15) is 0 Å². The van der Waals surface area contributed by atoms with Gasteiger partial charge in [-0.25, -0.2) is 0 Å². The number of hydrogen-bond acceptors (Lipinski definition) is 4. The third kappa shape index (κ3) is 5.70.